The number of benzene rings is 1. The van der Waals surface area contributed by atoms with Gasteiger partial charge in [0.1, 0.15) is 6.04 Å². The minimum absolute atomic E-state index is 0.0150. The molecule has 0 bridgehead atoms. The summed E-state index contributed by atoms with van der Waals surface area (Å²) in [5, 5.41) is 19.0. The van der Waals surface area contributed by atoms with Crippen LogP contribution in [0.3, 0.4) is 0 Å². The van der Waals surface area contributed by atoms with Crippen LogP contribution >= 0.6 is 15.9 Å². The summed E-state index contributed by atoms with van der Waals surface area (Å²) in [5.41, 5.74) is 1.10. The van der Waals surface area contributed by atoms with Crippen LogP contribution in [0.5, 0.6) is 0 Å². The number of halogens is 1. The van der Waals surface area contributed by atoms with E-state index in [0.717, 1.165) is 10.0 Å². The number of aliphatic hydroxyl groups is 1. The molecule has 0 spiro atoms. The number of hydrogen-bond acceptors (Lipinski definition) is 3. The lowest BCUT2D eigenvalue weighted by atomic mass is 9.75. The fourth-order valence-corrected chi connectivity index (χ4v) is 3.07. The monoisotopic (exact) mass is 320 g/mol. The molecule has 1 fully saturated rings. The highest BCUT2D eigenvalue weighted by Gasteiger charge is 2.50. The molecule has 1 heterocycles. The van der Waals surface area contributed by atoms with Gasteiger partial charge in [0.15, 0.2) is 0 Å². The van der Waals surface area contributed by atoms with E-state index in [-0.39, 0.29) is 30.7 Å². The van der Waals surface area contributed by atoms with E-state index in [2.05, 4.69) is 28.6 Å². The Morgan fingerprint density at radius 3 is 2.63 bits per heavy atom. The van der Waals surface area contributed by atoms with Crippen molar-refractivity contribution in [2.24, 2.45) is 0 Å². The molecule has 1 aliphatic heterocycles. The van der Waals surface area contributed by atoms with Crippen molar-refractivity contribution in [3.05, 3.63) is 47.0 Å². The summed E-state index contributed by atoms with van der Waals surface area (Å²) >= 11 is 3.41. The second kappa shape index (κ2) is 5.87. The number of likely N-dealkylation sites (tertiary alicyclic amines) is 1. The van der Waals surface area contributed by atoms with Crippen molar-refractivity contribution in [2.45, 2.75) is 31.0 Å². The highest BCUT2D eigenvalue weighted by Crippen LogP contribution is 2.42. The van der Waals surface area contributed by atoms with E-state index in [9.17, 15) is 10.4 Å². The molecule has 1 aromatic rings. The molecule has 1 unspecified atom stereocenters. The van der Waals surface area contributed by atoms with Crippen LogP contribution in [0.4, 0.5) is 0 Å². The van der Waals surface area contributed by atoms with E-state index in [4.69, 9.17) is 0 Å². The second-order valence-corrected chi connectivity index (χ2v) is 5.74. The van der Waals surface area contributed by atoms with Crippen LogP contribution in [-0.2, 0) is 0 Å². The number of hydrogen-bond donors (Lipinski definition) is 1. The predicted octanol–water partition coefficient (Wildman–Crippen LogP) is 2.68. The van der Waals surface area contributed by atoms with E-state index >= 15 is 0 Å². The molecule has 3 nitrogen and oxygen atoms in total. The Bertz CT molecular complexity index is 494. The minimum Gasteiger partial charge on any atom is -0.395 e. The Balaban J connectivity index is 2.28. The van der Waals surface area contributed by atoms with Crippen LogP contribution in [0.25, 0.3) is 0 Å². The quantitative estimate of drug-likeness (QED) is 0.868. The van der Waals surface area contributed by atoms with Gasteiger partial charge in [0.2, 0.25) is 0 Å². The summed E-state index contributed by atoms with van der Waals surface area (Å²) in [6.07, 6.45) is 1.81. The SMILES string of the molecule is C=CC(C)N1[C@H](CO)[C@H](c2ccc(Br)cc2)[C@@H]1C#N. The molecular weight excluding hydrogens is 304 g/mol. The Morgan fingerprint density at radius 2 is 2.16 bits per heavy atom. The third kappa shape index (κ3) is 2.46. The van der Waals surface area contributed by atoms with Crippen LogP contribution in [0, 0.1) is 11.3 Å². The van der Waals surface area contributed by atoms with Gasteiger partial charge in [-0.3, -0.25) is 4.90 Å². The topological polar surface area (TPSA) is 47.3 Å². The van der Waals surface area contributed by atoms with Gasteiger partial charge in [-0.05, 0) is 24.6 Å². The lowest BCUT2D eigenvalue weighted by molar-refractivity contribution is -0.0323. The largest absolute Gasteiger partial charge is 0.395 e. The van der Waals surface area contributed by atoms with E-state index in [1.165, 1.54) is 0 Å². The van der Waals surface area contributed by atoms with E-state index in [1.807, 2.05) is 42.2 Å². The summed E-state index contributed by atoms with van der Waals surface area (Å²) in [5.74, 6) is 0.0606. The van der Waals surface area contributed by atoms with Gasteiger partial charge in [-0.1, -0.05) is 34.1 Å². The maximum atomic E-state index is 9.61. The molecule has 1 aromatic carbocycles. The van der Waals surface area contributed by atoms with Gasteiger partial charge in [-0.25, -0.2) is 0 Å². The molecule has 100 valence electrons. The van der Waals surface area contributed by atoms with E-state index in [1.54, 1.807) is 0 Å². The summed E-state index contributed by atoms with van der Waals surface area (Å²) < 4.78 is 1.01. The van der Waals surface area contributed by atoms with Crippen LogP contribution in [0.15, 0.2) is 41.4 Å². The average Bonchev–Trinajstić information content (AvgIpc) is 2.40. The second-order valence-electron chi connectivity index (χ2n) is 4.82. The first-order chi connectivity index (χ1) is 9.13. The first-order valence-electron chi connectivity index (χ1n) is 6.30. The zero-order valence-corrected chi connectivity index (χ0v) is 12.4. The lowest BCUT2D eigenvalue weighted by Crippen LogP contribution is -2.65. The van der Waals surface area contributed by atoms with Crippen LogP contribution in [0.2, 0.25) is 0 Å². The third-order valence-corrected chi connectivity index (χ3v) is 4.37. The number of rotatable bonds is 4. The normalized spacial score (nSPS) is 28.2. The van der Waals surface area contributed by atoms with Gasteiger partial charge in [-0.15, -0.1) is 6.58 Å². The molecule has 2 rings (SSSR count). The van der Waals surface area contributed by atoms with E-state index < -0.39 is 0 Å². The number of nitriles is 1. The van der Waals surface area contributed by atoms with Gasteiger partial charge in [0, 0.05) is 22.5 Å². The average molecular weight is 321 g/mol. The Kier molecular flexibility index (Phi) is 4.41. The predicted molar refractivity (Wildman–Crippen MR) is 78.7 cm³/mol. The lowest BCUT2D eigenvalue weighted by Gasteiger charge is -2.54. The molecule has 1 aliphatic rings. The molecule has 4 heteroatoms. The molecule has 0 aromatic heterocycles. The molecular formula is C15H17BrN2O. The number of aliphatic hydroxyl groups excluding tert-OH is 1. The summed E-state index contributed by atoms with van der Waals surface area (Å²) in [4.78, 5) is 2.03. The summed E-state index contributed by atoms with van der Waals surface area (Å²) in [7, 11) is 0. The van der Waals surface area contributed by atoms with Crippen molar-refractivity contribution >= 4 is 15.9 Å². The fraction of sp³-hybridized carbons (Fsp3) is 0.400. The highest BCUT2D eigenvalue weighted by atomic mass is 79.9. The molecule has 0 amide bonds. The number of nitrogens with zero attached hydrogens (tertiary/aromatic N) is 2. The first kappa shape index (κ1) is 14.3. The minimum atomic E-state index is -0.202. The van der Waals surface area contributed by atoms with Crippen LogP contribution in [-0.4, -0.2) is 34.7 Å². The zero-order valence-electron chi connectivity index (χ0n) is 10.8. The highest BCUT2D eigenvalue weighted by molar-refractivity contribution is 9.10. The van der Waals surface area contributed by atoms with Gasteiger partial charge < -0.3 is 5.11 Å². The van der Waals surface area contributed by atoms with Crippen molar-refractivity contribution in [2.75, 3.05) is 6.61 Å². The van der Waals surface area contributed by atoms with Crippen molar-refractivity contribution in [1.29, 1.82) is 5.26 Å². The van der Waals surface area contributed by atoms with E-state index in [0.29, 0.717) is 0 Å². The molecule has 0 radical (unpaired) electrons. The maximum Gasteiger partial charge on any atom is 0.107 e. The van der Waals surface area contributed by atoms with Crippen LogP contribution < -0.4 is 0 Å². The molecule has 4 atom stereocenters. The maximum absolute atomic E-state index is 9.61. The van der Waals surface area contributed by atoms with Gasteiger partial charge in [0.25, 0.3) is 0 Å². The molecule has 19 heavy (non-hydrogen) atoms. The smallest absolute Gasteiger partial charge is 0.107 e. The van der Waals surface area contributed by atoms with Gasteiger partial charge in [-0.2, -0.15) is 5.26 Å². The standard InChI is InChI=1S/C15H17BrN2O/c1-3-10(2)18-13(8-17)15(14(18)9-19)11-4-6-12(16)7-5-11/h3-7,10,13-15,19H,1,9H2,2H3/t10?,13-,14+,15+/m0/s1. The Hall–Kier alpha value is -1.15. The van der Waals surface area contributed by atoms with Crippen molar-refractivity contribution in [3.63, 3.8) is 0 Å². The van der Waals surface area contributed by atoms with Gasteiger partial charge in [0.05, 0.1) is 12.7 Å². The Labute approximate surface area is 122 Å². The fourth-order valence-electron chi connectivity index (χ4n) is 2.81. The Morgan fingerprint density at radius 1 is 1.53 bits per heavy atom. The van der Waals surface area contributed by atoms with Gasteiger partial charge >= 0.3 is 0 Å². The molecule has 1 saturated heterocycles. The van der Waals surface area contributed by atoms with Crippen LogP contribution in [0.1, 0.15) is 18.4 Å². The third-order valence-electron chi connectivity index (χ3n) is 3.84. The zero-order chi connectivity index (χ0) is 14.0. The van der Waals surface area contributed by atoms with Crippen molar-refractivity contribution in [1.82, 2.24) is 4.90 Å². The molecule has 0 saturated carbocycles. The first-order valence-corrected chi connectivity index (χ1v) is 7.09. The molecule has 0 aliphatic carbocycles. The molecule has 1 N–H and O–H groups in total. The summed E-state index contributed by atoms with van der Waals surface area (Å²) in [6, 6.07) is 10.2. The van der Waals surface area contributed by atoms with Crippen molar-refractivity contribution in [3.8, 4) is 6.07 Å². The summed E-state index contributed by atoms with van der Waals surface area (Å²) in [6.45, 7) is 5.82. The van der Waals surface area contributed by atoms with Crippen molar-refractivity contribution < 1.29 is 5.11 Å².